The second kappa shape index (κ2) is 10.6. The van der Waals surface area contributed by atoms with Gasteiger partial charge in [0.1, 0.15) is 5.69 Å². The van der Waals surface area contributed by atoms with Crippen molar-refractivity contribution in [3.8, 4) is 0 Å². The molecule has 8 nitrogen and oxygen atoms in total. The van der Waals surface area contributed by atoms with Crippen LogP contribution in [0.2, 0.25) is 5.02 Å². The van der Waals surface area contributed by atoms with Crippen molar-refractivity contribution in [3.63, 3.8) is 0 Å². The molecule has 36 heavy (non-hydrogen) atoms. The Labute approximate surface area is 217 Å². The maximum absolute atomic E-state index is 13.0. The number of imidazole rings is 1. The van der Waals surface area contributed by atoms with Crippen molar-refractivity contribution >= 4 is 51.7 Å². The second-order valence-corrected chi connectivity index (χ2v) is 9.88. The molecule has 3 aromatic carbocycles. The average molecular weight is 522 g/mol. The molecule has 2 heterocycles. The first kappa shape index (κ1) is 24.1. The molecule has 1 amide bonds. The molecular weight excluding hydrogens is 498 g/mol. The Hall–Kier alpha value is -3.56. The lowest BCUT2D eigenvalue weighted by atomic mass is 10.2. The lowest BCUT2D eigenvalue weighted by Crippen LogP contribution is -2.49. The number of halogens is 1. The van der Waals surface area contributed by atoms with Gasteiger partial charge in [-0.3, -0.25) is 14.9 Å². The van der Waals surface area contributed by atoms with Crippen molar-refractivity contribution in [1.82, 2.24) is 14.5 Å². The minimum Gasteiger partial charge on any atom is -0.362 e. The summed E-state index contributed by atoms with van der Waals surface area (Å²) in [6.45, 7) is 2.77. The van der Waals surface area contributed by atoms with Crippen molar-refractivity contribution in [3.05, 3.63) is 93.5 Å². The quantitative estimate of drug-likeness (QED) is 0.191. The highest BCUT2D eigenvalue weighted by Gasteiger charge is 2.26. The van der Waals surface area contributed by atoms with Crippen LogP contribution in [0.15, 0.2) is 78.0 Å². The van der Waals surface area contributed by atoms with Gasteiger partial charge in [0.2, 0.25) is 5.91 Å². The van der Waals surface area contributed by atoms with E-state index in [1.54, 1.807) is 18.2 Å². The summed E-state index contributed by atoms with van der Waals surface area (Å²) in [7, 11) is 0. The molecule has 0 atom stereocenters. The van der Waals surface area contributed by atoms with E-state index in [4.69, 9.17) is 16.6 Å². The number of fused-ring (bicyclic) bond motifs is 1. The van der Waals surface area contributed by atoms with Crippen molar-refractivity contribution in [2.45, 2.75) is 11.7 Å². The molecule has 0 radical (unpaired) electrons. The zero-order valence-corrected chi connectivity index (χ0v) is 21.0. The van der Waals surface area contributed by atoms with Gasteiger partial charge in [-0.05, 0) is 29.8 Å². The molecule has 0 unspecified atom stereocenters. The Balaban J connectivity index is 1.26. The standard InChI is InChI=1S/C26H24ClN5O3S/c27-20-10-11-22-21(16-20)28-26(31(22)17-19-6-2-1-3-7-19)36-18-25(33)30-14-12-29(13-15-30)23-8-4-5-9-24(23)32(34)35/h1-11,16H,12-15,17-18H2. The predicted octanol–water partition coefficient (Wildman–Crippen LogP) is 5.09. The van der Waals surface area contributed by atoms with Gasteiger partial charge in [0.25, 0.3) is 5.69 Å². The summed E-state index contributed by atoms with van der Waals surface area (Å²) in [5.41, 5.74) is 3.59. The van der Waals surface area contributed by atoms with Crippen LogP contribution in [0.3, 0.4) is 0 Å². The Morgan fingerprint density at radius 2 is 1.72 bits per heavy atom. The summed E-state index contributed by atoms with van der Waals surface area (Å²) in [4.78, 5) is 32.6. The fourth-order valence-corrected chi connectivity index (χ4v) is 5.49. The normalized spacial score (nSPS) is 13.8. The van der Waals surface area contributed by atoms with Gasteiger partial charge in [-0.2, -0.15) is 0 Å². The van der Waals surface area contributed by atoms with Gasteiger partial charge in [-0.15, -0.1) is 0 Å². The molecule has 0 saturated carbocycles. The highest BCUT2D eigenvalue weighted by molar-refractivity contribution is 7.99. The fourth-order valence-electron chi connectivity index (χ4n) is 4.41. The fraction of sp³-hybridized carbons (Fsp3) is 0.231. The lowest BCUT2D eigenvalue weighted by molar-refractivity contribution is -0.384. The molecule has 10 heteroatoms. The zero-order chi connectivity index (χ0) is 25.1. The monoisotopic (exact) mass is 521 g/mol. The van der Waals surface area contributed by atoms with Crippen molar-refractivity contribution < 1.29 is 9.72 Å². The number of nitro benzene ring substituents is 1. The van der Waals surface area contributed by atoms with Crippen LogP contribution < -0.4 is 4.90 Å². The number of nitrogens with zero attached hydrogens (tertiary/aromatic N) is 5. The maximum Gasteiger partial charge on any atom is 0.292 e. The second-order valence-electron chi connectivity index (χ2n) is 8.50. The number of carbonyl (C=O) groups is 1. The number of aromatic nitrogens is 2. The molecule has 0 bridgehead atoms. The Morgan fingerprint density at radius 3 is 2.47 bits per heavy atom. The van der Waals surface area contributed by atoms with Gasteiger partial charge in [0, 0.05) is 37.3 Å². The van der Waals surface area contributed by atoms with E-state index in [0.29, 0.717) is 43.4 Å². The number of piperazine rings is 1. The van der Waals surface area contributed by atoms with E-state index in [9.17, 15) is 14.9 Å². The number of carbonyl (C=O) groups excluding carboxylic acids is 1. The summed E-state index contributed by atoms with van der Waals surface area (Å²) in [6, 6.07) is 22.5. The maximum atomic E-state index is 13.0. The van der Waals surface area contributed by atoms with Gasteiger partial charge >= 0.3 is 0 Å². The molecule has 1 aliphatic rings. The first-order valence-electron chi connectivity index (χ1n) is 11.6. The molecule has 0 spiro atoms. The van der Waals surface area contributed by atoms with E-state index in [2.05, 4.69) is 16.7 Å². The number of para-hydroxylation sites is 2. The van der Waals surface area contributed by atoms with Crippen LogP contribution in [0, 0.1) is 10.1 Å². The Kier molecular flexibility index (Phi) is 7.11. The molecular formula is C26H24ClN5O3S. The van der Waals surface area contributed by atoms with E-state index in [0.717, 1.165) is 21.8 Å². The largest absolute Gasteiger partial charge is 0.362 e. The highest BCUT2D eigenvalue weighted by atomic mass is 35.5. The molecule has 0 aliphatic carbocycles. The molecule has 0 N–H and O–H groups in total. The number of hydrogen-bond acceptors (Lipinski definition) is 6. The molecule has 1 aliphatic heterocycles. The van der Waals surface area contributed by atoms with Gasteiger partial charge in [-0.25, -0.2) is 4.98 Å². The third-order valence-corrected chi connectivity index (χ3v) is 7.43. The Bertz CT molecular complexity index is 1400. The van der Waals surface area contributed by atoms with Gasteiger partial charge < -0.3 is 14.4 Å². The van der Waals surface area contributed by atoms with Gasteiger partial charge in [-0.1, -0.05) is 65.8 Å². The third kappa shape index (κ3) is 5.17. The number of hydrogen-bond donors (Lipinski definition) is 0. The van der Waals surface area contributed by atoms with E-state index in [-0.39, 0.29) is 22.3 Å². The topological polar surface area (TPSA) is 84.5 Å². The van der Waals surface area contributed by atoms with Gasteiger partial charge in [0.15, 0.2) is 5.16 Å². The van der Waals surface area contributed by atoms with Crippen molar-refractivity contribution in [2.24, 2.45) is 0 Å². The summed E-state index contributed by atoms with van der Waals surface area (Å²) in [5, 5.41) is 12.8. The first-order chi connectivity index (χ1) is 17.5. The van der Waals surface area contributed by atoms with Crippen LogP contribution in [-0.2, 0) is 11.3 Å². The summed E-state index contributed by atoms with van der Waals surface area (Å²) < 4.78 is 2.12. The summed E-state index contributed by atoms with van der Waals surface area (Å²) >= 11 is 7.61. The van der Waals surface area contributed by atoms with Gasteiger partial charge in [0.05, 0.1) is 28.3 Å². The van der Waals surface area contributed by atoms with E-state index < -0.39 is 0 Å². The number of nitro groups is 1. The van der Waals surface area contributed by atoms with Crippen molar-refractivity contribution in [2.75, 3.05) is 36.8 Å². The smallest absolute Gasteiger partial charge is 0.292 e. The number of thioether (sulfide) groups is 1. The predicted molar refractivity (Wildman–Crippen MR) is 143 cm³/mol. The van der Waals surface area contributed by atoms with Crippen LogP contribution in [0.25, 0.3) is 11.0 Å². The third-order valence-electron chi connectivity index (χ3n) is 6.24. The van der Waals surface area contributed by atoms with E-state index in [1.807, 2.05) is 46.2 Å². The van der Waals surface area contributed by atoms with E-state index >= 15 is 0 Å². The molecule has 5 rings (SSSR count). The minimum absolute atomic E-state index is 0.0264. The van der Waals surface area contributed by atoms with E-state index in [1.165, 1.54) is 17.8 Å². The van der Waals surface area contributed by atoms with Crippen molar-refractivity contribution in [1.29, 1.82) is 0 Å². The van der Waals surface area contributed by atoms with Crippen LogP contribution in [0.5, 0.6) is 0 Å². The molecule has 4 aromatic rings. The first-order valence-corrected chi connectivity index (χ1v) is 12.9. The molecule has 184 valence electrons. The minimum atomic E-state index is -0.363. The van der Waals surface area contributed by atoms with Crippen LogP contribution in [0.4, 0.5) is 11.4 Å². The zero-order valence-electron chi connectivity index (χ0n) is 19.4. The number of anilines is 1. The van der Waals surface area contributed by atoms with Crippen LogP contribution in [0.1, 0.15) is 5.56 Å². The molecule has 1 saturated heterocycles. The van der Waals surface area contributed by atoms with Crippen LogP contribution in [-0.4, -0.2) is 57.2 Å². The average Bonchev–Trinajstić information content (AvgIpc) is 3.24. The Morgan fingerprint density at radius 1 is 1.00 bits per heavy atom. The summed E-state index contributed by atoms with van der Waals surface area (Å²) in [6.07, 6.45) is 0. The highest BCUT2D eigenvalue weighted by Crippen LogP contribution is 2.30. The lowest BCUT2D eigenvalue weighted by Gasteiger charge is -2.35. The number of benzene rings is 3. The van der Waals surface area contributed by atoms with Crippen LogP contribution >= 0.6 is 23.4 Å². The SMILES string of the molecule is O=C(CSc1nc2cc(Cl)ccc2n1Cc1ccccc1)N1CCN(c2ccccc2[N+](=O)[O-])CC1. The molecule has 1 aromatic heterocycles. The summed E-state index contributed by atoms with van der Waals surface area (Å²) in [5.74, 6) is 0.288. The molecule has 1 fully saturated rings. The number of rotatable bonds is 7. The number of amides is 1.